The normalized spacial score (nSPS) is 11.5. The third-order valence-electron chi connectivity index (χ3n) is 4.37. The number of halogens is 1. The molecule has 0 atom stereocenters. The Balaban J connectivity index is 2.08. The number of rotatable bonds is 7. The van der Waals surface area contributed by atoms with Crippen LogP contribution in [-0.4, -0.2) is 35.1 Å². The maximum absolute atomic E-state index is 12.0. The molecule has 150 valence electrons. The van der Waals surface area contributed by atoms with E-state index in [0.717, 1.165) is 17.2 Å². The van der Waals surface area contributed by atoms with Gasteiger partial charge in [-0.1, -0.05) is 29.8 Å². The van der Waals surface area contributed by atoms with E-state index in [2.05, 4.69) is 4.74 Å². The van der Waals surface area contributed by atoms with Gasteiger partial charge in [-0.15, -0.1) is 0 Å². The van der Waals surface area contributed by atoms with E-state index >= 15 is 0 Å². The zero-order chi connectivity index (χ0) is 21.0. The van der Waals surface area contributed by atoms with Gasteiger partial charge in [0.15, 0.2) is 0 Å². The van der Waals surface area contributed by atoms with Crippen LogP contribution in [0.1, 0.15) is 18.1 Å². The van der Waals surface area contributed by atoms with Crippen molar-refractivity contribution in [3.8, 4) is 5.75 Å². The molecule has 0 radical (unpaired) electrons. The second-order valence-electron chi connectivity index (χ2n) is 6.27. The first-order valence-corrected chi connectivity index (χ1v) is 9.34. The van der Waals surface area contributed by atoms with Gasteiger partial charge in [0.1, 0.15) is 11.5 Å². The summed E-state index contributed by atoms with van der Waals surface area (Å²) in [6.07, 6.45) is 2.58. The van der Waals surface area contributed by atoms with E-state index < -0.39 is 11.8 Å². The second kappa shape index (κ2) is 8.84. The van der Waals surface area contributed by atoms with Gasteiger partial charge < -0.3 is 19.1 Å². The summed E-state index contributed by atoms with van der Waals surface area (Å²) in [5.41, 5.74) is 2.19. The summed E-state index contributed by atoms with van der Waals surface area (Å²) in [5.74, 6) is -1.75. The summed E-state index contributed by atoms with van der Waals surface area (Å²) >= 11 is 5.96. The van der Waals surface area contributed by atoms with E-state index in [1.807, 2.05) is 28.8 Å². The molecule has 0 spiro atoms. The Bertz CT molecular complexity index is 1080. The molecule has 0 unspecified atom stereocenters. The zero-order valence-electron chi connectivity index (χ0n) is 16.0. The van der Waals surface area contributed by atoms with Crippen molar-refractivity contribution in [3.63, 3.8) is 0 Å². The fraction of sp³-hybridized carbons (Fsp3) is 0.182. The predicted octanol–water partition coefficient (Wildman–Crippen LogP) is 4.38. The smallest absolute Gasteiger partial charge is 0.379 e. The number of aliphatic hydroxyl groups excluding tert-OH is 1. The Labute approximate surface area is 172 Å². The molecule has 3 rings (SSSR count). The Morgan fingerprint density at radius 2 is 1.90 bits per heavy atom. The van der Waals surface area contributed by atoms with Crippen molar-refractivity contribution in [2.24, 2.45) is 0 Å². The van der Waals surface area contributed by atoms with E-state index in [9.17, 15) is 14.7 Å². The Hall–Kier alpha value is -3.25. The first kappa shape index (κ1) is 20.5. The number of nitrogens with zero attached hydrogens (tertiary/aromatic N) is 1. The molecule has 0 aliphatic heterocycles. The van der Waals surface area contributed by atoms with Crippen LogP contribution in [0.2, 0.25) is 5.02 Å². The van der Waals surface area contributed by atoms with Crippen LogP contribution in [0.4, 0.5) is 0 Å². The van der Waals surface area contributed by atoms with Gasteiger partial charge in [-0.2, -0.15) is 0 Å². The molecule has 0 bridgehead atoms. The van der Waals surface area contributed by atoms with Crippen LogP contribution >= 0.6 is 11.6 Å². The molecule has 29 heavy (non-hydrogen) atoms. The van der Waals surface area contributed by atoms with Gasteiger partial charge in [0.2, 0.25) is 0 Å². The average Bonchev–Trinajstić information content (AvgIpc) is 3.08. The number of hydrogen-bond donors (Lipinski definition) is 1. The number of fused-ring (bicyclic) bond motifs is 1. The molecular weight excluding hydrogens is 394 g/mol. The first-order chi connectivity index (χ1) is 13.9. The summed E-state index contributed by atoms with van der Waals surface area (Å²) < 4.78 is 12.1. The highest BCUT2D eigenvalue weighted by Crippen LogP contribution is 2.34. The molecular formula is C22H20ClNO5. The van der Waals surface area contributed by atoms with Gasteiger partial charge in [0.25, 0.3) is 5.78 Å². The van der Waals surface area contributed by atoms with E-state index in [-0.39, 0.29) is 12.4 Å². The van der Waals surface area contributed by atoms with Crippen LogP contribution in [0.5, 0.6) is 5.75 Å². The topological polar surface area (TPSA) is 77.8 Å². The lowest BCUT2D eigenvalue weighted by Crippen LogP contribution is -2.15. The molecule has 1 N–H and O–H groups in total. The molecule has 2 aromatic carbocycles. The van der Waals surface area contributed by atoms with Crippen LogP contribution in [0.15, 0.2) is 54.7 Å². The minimum absolute atomic E-state index is 0.0768. The number of esters is 1. The maximum Gasteiger partial charge on any atom is 0.379 e. The molecule has 0 saturated heterocycles. The number of ketones is 1. The van der Waals surface area contributed by atoms with Crippen LogP contribution in [0.3, 0.4) is 0 Å². The predicted molar refractivity (Wildman–Crippen MR) is 111 cm³/mol. The van der Waals surface area contributed by atoms with Crippen LogP contribution in [0.25, 0.3) is 16.7 Å². The summed E-state index contributed by atoms with van der Waals surface area (Å²) in [6, 6.07) is 12.9. The van der Waals surface area contributed by atoms with Crippen molar-refractivity contribution in [2.75, 3.05) is 13.7 Å². The van der Waals surface area contributed by atoms with Crippen LogP contribution in [-0.2, 0) is 20.9 Å². The molecule has 0 amide bonds. The number of ether oxygens (including phenoxy) is 2. The van der Waals surface area contributed by atoms with Gasteiger partial charge in [-0.25, -0.2) is 4.79 Å². The lowest BCUT2D eigenvalue weighted by Gasteiger charge is -2.07. The van der Waals surface area contributed by atoms with Crippen molar-refractivity contribution in [1.82, 2.24) is 4.57 Å². The third kappa shape index (κ3) is 4.43. The highest BCUT2D eigenvalue weighted by molar-refractivity contribution is 6.39. The minimum Gasteiger partial charge on any atom is -0.507 e. The summed E-state index contributed by atoms with van der Waals surface area (Å²) in [6.45, 7) is 2.19. The van der Waals surface area contributed by atoms with Gasteiger partial charge >= 0.3 is 5.97 Å². The van der Waals surface area contributed by atoms with Crippen LogP contribution < -0.4 is 4.74 Å². The Kier molecular flexibility index (Phi) is 6.24. The lowest BCUT2D eigenvalue weighted by atomic mass is 10.1. The molecule has 7 heteroatoms. The SMILES string of the molecule is CCOC(=O)C(=O)/C=C(\O)c1cn(Cc2ccc(Cl)cc2)c2cccc(OC)c12. The Morgan fingerprint density at radius 1 is 1.17 bits per heavy atom. The molecule has 1 aromatic heterocycles. The fourth-order valence-corrected chi connectivity index (χ4v) is 3.19. The monoisotopic (exact) mass is 413 g/mol. The molecule has 0 saturated carbocycles. The molecule has 0 aliphatic carbocycles. The first-order valence-electron chi connectivity index (χ1n) is 8.97. The number of hydrogen-bond acceptors (Lipinski definition) is 5. The quantitative estimate of drug-likeness (QED) is 0.269. The van der Waals surface area contributed by atoms with E-state index in [1.54, 1.807) is 31.3 Å². The maximum atomic E-state index is 12.0. The number of aliphatic hydroxyl groups is 1. The van der Waals surface area contributed by atoms with Gasteiger partial charge in [0, 0.05) is 29.4 Å². The van der Waals surface area contributed by atoms with Crippen molar-refractivity contribution < 1.29 is 24.2 Å². The largest absolute Gasteiger partial charge is 0.507 e. The molecule has 0 aliphatic rings. The number of methoxy groups -OCH3 is 1. The number of benzene rings is 2. The van der Waals surface area contributed by atoms with E-state index in [4.69, 9.17) is 16.3 Å². The van der Waals surface area contributed by atoms with Crippen molar-refractivity contribution in [1.29, 1.82) is 0 Å². The Morgan fingerprint density at radius 3 is 2.55 bits per heavy atom. The van der Waals surface area contributed by atoms with Crippen molar-refractivity contribution in [3.05, 3.63) is 70.9 Å². The summed E-state index contributed by atoms with van der Waals surface area (Å²) in [7, 11) is 1.53. The second-order valence-corrected chi connectivity index (χ2v) is 6.70. The fourth-order valence-electron chi connectivity index (χ4n) is 3.06. The molecule has 0 fully saturated rings. The zero-order valence-corrected chi connectivity index (χ0v) is 16.8. The number of carbonyl (C=O) groups excluding carboxylic acids is 2. The highest BCUT2D eigenvalue weighted by Gasteiger charge is 2.19. The van der Waals surface area contributed by atoms with Gasteiger partial charge in [0.05, 0.1) is 24.6 Å². The highest BCUT2D eigenvalue weighted by atomic mass is 35.5. The molecule has 1 heterocycles. The van der Waals surface area contributed by atoms with Gasteiger partial charge in [-0.3, -0.25) is 4.79 Å². The van der Waals surface area contributed by atoms with Gasteiger partial charge in [-0.05, 0) is 36.8 Å². The molecule has 6 nitrogen and oxygen atoms in total. The minimum atomic E-state index is -1.02. The standard InChI is InChI=1S/C22H20ClNO5/c1-3-29-22(27)19(26)11-18(25)16-13-24(12-14-7-9-15(23)10-8-14)17-5-4-6-20(28-2)21(16)17/h4-11,13,25H,3,12H2,1-2H3/b18-11-. The summed E-state index contributed by atoms with van der Waals surface area (Å²) in [4.78, 5) is 23.6. The average molecular weight is 414 g/mol. The number of carbonyl (C=O) groups is 2. The summed E-state index contributed by atoms with van der Waals surface area (Å²) in [5, 5.41) is 11.9. The molecule has 3 aromatic rings. The number of aromatic nitrogens is 1. The van der Waals surface area contributed by atoms with Crippen molar-refractivity contribution in [2.45, 2.75) is 13.5 Å². The lowest BCUT2D eigenvalue weighted by molar-refractivity contribution is -0.151. The van der Waals surface area contributed by atoms with E-state index in [0.29, 0.717) is 28.3 Å². The van der Waals surface area contributed by atoms with E-state index in [1.165, 1.54) is 7.11 Å². The van der Waals surface area contributed by atoms with Crippen molar-refractivity contribution >= 4 is 40.0 Å². The third-order valence-corrected chi connectivity index (χ3v) is 4.63. The van der Waals surface area contributed by atoms with Crippen LogP contribution in [0, 0.1) is 0 Å².